The normalized spacial score (nSPS) is 11.4. The molecule has 0 atom stereocenters. The van der Waals surface area contributed by atoms with E-state index in [1.165, 1.54) is 6.21 Å². The van der Waals surface area contributed by atoms with Gasteiger partial charge in [-0.1, -0.05) is 47.5 Å². The van der Waals surface area contributed by atoms with Gasteiger partial charge in [-0.2, -0.15) is 5.10 Å². The number of carbonyl (C=O) groups excluding carboxylic acids is 1. The first-order chi connectivity index (χ1) is 16.1. The first-order valence-electron chi connectivity index (χ1n) is 10.5. The number of amides is 1. The van der Waals surface area contributed by atoms with Crippen molar-refractivity contribution in [3.8, 4) is 5.75 Å². The lowest BCUT2D eigenvalue weighted by molar-refractivity contribution is -0.119. The second-order valence-corrected chi connectivity index (χ2v) is 10.1. The number of nitrogens with zero attached hydrogens (tertiary/aromatic N) is 2. The van der Waals surface area contributed by atoms with Crippen molar-refractivity contribution in [2.45, 2.75) is 20.5 Å². The molecule has 1 amide bonds. The van der Waals surface area contributed by atoms with Gasteiger partial charge in [0.15, 0.2) is 0 Å². The van der Waals surface area contributed by atoms with E-state index in [1.54, 1.807) is 43.3 Å². The first-order valence-corrected chi connectivity index (χ1v) is 12.7. The summed E-state index contributed by atoms with van der Waals surface area (Å²) in [4.78, 5) is 12.4. The maximum Gasteiger partial charge on any atom is 0.260 e. The molecule has 0 unspecified atom stereocenters. The summed E-state index contributed by atoms with van der Waals surface area (Å²) >= 11 is 6.14. The Kier molecular flexibility index (Phi) is 8.31. The van der Waals surface area contributed by atoms with Gasteiger partial charge < -0.3 is 4.74 Å². The lowest BCUT2D eigenvalue weighted by atomic mass is 10.1. The predicted molar refractivity (Wildman–Crippen MR) is 136 cm³/mol. The molecule has 0 heterocycles. The number of aryl methyl sites for hydroxylation is 2. The minimum Gasteiger partial charge on any atom is -0.489 e. The van der Waals surface area contributed by atoms with Crippen LogP contribution in [0.3, 0.4) is 0 Å². The van der Waals surface area contributed by atoms with E-state index in [2.05, 4.69) is 10.5 Å². The number of carbonyl (C=O) groups is 1. The minimum atomic E-state index is -3.66. The van der Waals surface area contributed by atoms with Crippen LogP contribution in [0.4, 0.5) is 5.69 Å². The molecule has 178 valence electrons. The third-order valence-electron chi connectivity index (χ3n) is 4.94. The Balaban J connectivity index is 1.57. The molecule has 1 N–H and O–H groups in total. The molecule has 0 aliphatic heterocycles. The van der Waals surface area contributed by atoms with Gasteiger partial charge in [-0.25, -0.2) is 13.8 Å². The van der Waals surface area contributed by atoms with Crippen molar-refractivity contribution in [2.75, 3.05) is 17.1 Å². The van der Waals surface area contributed by atoms with Crippen LogP contribution >= 0.6 is 11.6 Å². The molecular formula is C25H26ClN3O4S. The third kappa shape index (κ3) is 7.07. The van der Waals surface area contributed by atoms with Gasteiger partial charge in [-0.3, -0.25) is 9.10 Å². The van der Waals surface area contributed by atoms with Crippen molar-refractivity contribution in [3.05, 3.63) is 94.0 Å². The molecule has 3 rings (SSSR count). The molecule has 0 saturated carbocycles. The lowest BCUT2D eigenvalue weighted by Crippen LogP contribution is -2.39. The van der Waals surface area contributed by atoms with Crippen LogP contribution in [-0.2, 0) is 21.4 Å². The van der Waals surface area contributed by atoms with Crippen LogP contribution in [0.5, 0.6) is 5.75 Å². The molecule has 0 aliphatic carbocycles. The summed E-state index contributed by atoms with van der Waals surface area (Å²) < 4.78 is 31.4. The van der Waals surface area contributed by atoms with E-state index in [9.17, 15) is 13.2 Å². The van der Waals surface area contributed by atoms with Crippen molar-refractivity contribution in [3.63, 3.8) is 0 Å². The minimum absolute atomic E-state index is 0.348. The van der Waals surface area contributed by atoms with Crippen molar-refractivity contribution in [1.82, 2.24) is 5.43 Å². The number of rotatable bonds is 9. The van der Waals surface area contributed by atoms with Gasteiger partial charge in [-0.15, -0.1) is 0 Å². The van der Waals surface area contributed by atoms with Crippen LogP contribution in [0.25, 0.3) is 0 Å². The average Bonchev–Trinajstić information content (AvgIpc) is 2.78. The summed E-state index contributed by atoms with van der Waals surface area (Å²) in [6.45, 7) is 3.69. The van der Waals surface area contributed by atoms with Crippen LogP contribution in [0.15, 0.2) is 71.8 Å². The summed E-state index contributed by atoms with van der Waals surface area (Å²) in [5.41, 5.74) is 6.23. The average molecular weight is 500 g/mol. The van der Waals surface area contributed by atoms with Crippen molar-refractivity contribution in [2.24, 2.45) is 5.10 Å². The van der Waals surface area contributed by atoms with E-state index in [0.717, 1.165) is 32.8 Å². The largest absolute Gasteiger partial charge is 0.489 e. The second kappa shape index (κ2) is 11.2. The number of hydrogen-bond acceptors (Lipinski definition) is 5. The quantitative estimate of drug-likeness (QED) is 0.348. The second-order valence-electron chi connectivity index (χ2n) is 7.80. The zero-order chi connectivity index (χ0) is 24.7. The van der Waals surface area contributed by atoms with E-state index >= 15 is 0 Å². The number of sulfonamides is 1. The monoisotopic (exact) mass is 499 g/mol. The molecule has 0 saturated heterocycles. The van der Waals surface area contributed by atoms with Gasteiger partial charge in [-0.05, 0) is 61.4 Å². The van der Waals surface area contributed by atoms with Crippen LogP contribution < -0.4 is 14.5 Å². The smallest absolute Gasteiger partial charge is 0.260 e. The standard InChI is InChI=1S/C25H26ClN3O4S/c1-18-8-13-24(19(2)14-18)29(34(3,31)32)16-25(30)28-27-15-20-9-11-22(12-10-20)33-17-21-6-4-5-7-23(21)26/h4-15H,16-17H2,1-3H3,(H,28,30)/b27-15-. The van der Waals surface area contributed by atoms with Crippen molar-refractivity contribution < 1.29 is 17.9 Å². The molecule has 7 nitrogen and oxygen atoms in total. The topological polar surface area (TPSA) is 88.1 Å². The van der Waals surface area contributed by atoms with Crippen LogP contribution in [0, 0.1) is 13.8 Å². The molecule has 0 bridgehead atoms. The Morgan fingerprint density at radius 1 is 1.09 bits per heavy atom. The van der Waals surface area contributed by atoms with Gasteiger partial charge in [0, 0.05) is 10.6 Å². The fourth-order valence-corrected chi connectivity index (χ4v) is 4.34. The summed E-state index contributed by atoms with van der Waals surface area (Å²) in [6.07, 6.45) is 2.54. The summed E-state index contributed by atoms with van der Waals surface area (Å²) in [5, 5.41) is 4.58. The fraction of sp³-hybridized carbons (Fsp3) is 0.200. The highest BCUT2D eigenvalue weighted by atomic mass is 35.5. The SMILES string of the molecule is Cc1ccc(N(CC(=O)N/N=C\c2ccc(OCc3ccccc3Cl)cc2)S(C)(=O)=O)c(C)c1. The Hall–Kier alpha value is -3.36. The summed E-state index contributed by atoms with van der Waals surface area (Å²) in [6, 6.07) is 20.0. The van der Waals surface area contributed by atoms with E-state index < -0.39 is 15.9 Å². The summed E-state index contributed by atoms with van der Waals surface area (Å²) in [7, 11) is -3.66. The Labute approximate surface area is 205 Å². The zero-order valence-electron chi connectivity index (χ0n) is 19.2. The molecular weight excluding hydrogens is 474 g/mol. The zero-order valence-corrected chi connectivity index (χ0v) is 20.7. The fourth-order valence-electron chi connectivity index (χ4n) is 3.24. The van der Waals surface area contributed by atoms with Crippen molar-refractivity contribution >= 4 is 39.4 Å². The molecule has 9 heteroatoms. The Morgan fingerprint density at radius 2 is 1.79 bits per heavy atom. The number of hydrazone groups is 1. The number of ether oxygens (including phenoxy) is 1. The number of nitrogens with one attached hydrogen (secondary N) is 1. The first kappa shape index (κ1) is 25.3. The molecule has 0 radical (unpaired) electrons. The van der Waals surface area contributed by atoms with Gasteiger partial charge in [0.05, 0.1) is 18.2 Å². The Bertz CT molecular complexity index is 1290. The molecule has 34 heavy (non-hydrogen) atoms. The van der Waals surface area contributed by atoms with E-state index in [4.69, 9.17) is 16.3 Å². The predicted octanol–water partition coefficient (Wildman–Crippen LogP) is 4.45. The van der Waals surface area contributed by atoms with E-state index in [-0.39, 0.29) is 6.54 Å². The van der Waals surface area contributed by atoms with E-state index in [0.29, 0.717) is 23.1 Å². The molecule has 0 aromatic heterocycles. The maximum atomic E-state index is 12.4. The van der Waals surface area contributed by atoms with Crippen LogP contribution in [0.1, 0.15) is 22.3 Å². The highest BCUT2D eigenvalue weighted by molar-refractivity contribution is 7.92. The number of benzene rings is 3. The number of halogens is 1. The molecule has 3 aromatic carbocycles. The van der Waals surface area contributed by atoms with Crippen LogP contribution in [-0.4, -0.2) is 33.3 Å². The van der Waals surface area contributed by atoms with E-state index in [1.807, 2.05) is 37.3 Å². The molecule has 0 spiro atoms. The molecule has 3 aromatic rings. The Morgan fingerprint density at radius 3 is 2.44 bits per heavy atom. The lowest BCUT2D eigenvalue weighted by Gasteiger charge is -2.23. The van der Waals surface area contributed by atoms with Gasteiger partial charge >= 0.3 is 0 Å². The maximum absolute atomic E-state index is 12.4. The third-order valence-corrected chi connectivity index (χ3v) is 6.44. The van der Waals surface area contributed by atoms with Gasteiger partial charge in [0.1, 0.15) is 18.9 Å². The van der Waals surface area contributed by atoms with Crippen molar-refractivity contribution in [1.29, 1.82) is 0 Å². The summed E-state index contributed by atoms with van der Waals surface area (Å²) in [5.74, 6) is 0.111. The number of hydrogen-bond donors (Lipinski definition) is 1. The highest BCUT2D eigenvalue weighted by Crippen LogP contribution is 2.23. The molecule has 0 fully saturated rings. The highest BCUT2D eigenvalue weighted by Gasteiger charge is 2.22. The van der Waals surface area contributed by atoms with Gasteiger partial charge in [0.25, 0.3) is 5.91 Å². The number of anilines is 1. The molecule has 0 aliphatic rings. The van der Waals surface area contributed by atoms with Crippen LogP contribution in [0.2, 0.25) is 5.02 Å². The van der Waals surface area contributed by atoms with Gasteiger partial charge in [0.2, 0.25) is 10.0 Å².